The molecule has 2 aromatic carbocycles. The first kappa shape index (κ1) is 14.1. The SMILES string of the molecule is c1ccc(OCC2(c3ccccc3)CCCNCO2)cc1. The number of ether oxygens (including phenoxy) is 2. The zero-order valence-electron chi connectivity index (χ0n) is 12.1. The lowest BCUT2D eigenvalue weighted by Gasteiger charge is -2.32. The topological polar surface area (TPSA) is 30.5 Å². The summed E-state index contributed by atoms with van der Waals surface area (Å²) in [5.74, 6) is 0.883. The summed E-state index contributed by atoms with van der Waals surface area (Å²) in [6.45, 7) is 2.08. The summed E-state index contributed by atoms with van der Waals surface area (Å²) >= 11 is 0. The Morgan fingerprint density at radius 3 is 2.48 bits per heavy atom. The molecule has 1 aliphatic rings. The van der Waals surface area contributed by atoms with Crippen LogP contribution < -0.4 is 10.1 Å². The van der Waals surface area contributed by atoms with Gasteiger partial charge in [-0.3, -0.25) is 5.32 Å². The lowest BCUT2D eigenvalue weighted by Crippen LogP contribution is -2.37. The highest BCUT2D eigenvalue weighted by molar-refractivity contribution is 5.25. The molecule has 3 heteroatoms. The van der Waals surface area contributed by atoms with E-state index in [9.17, 15) is 0 Å². The van der Waals surface area contributed by atoms with Gasteiger partial charge in [0.2, 0.25) is 0 Å². The van der Waals surface area contributed by atoms with Crippen molar-refractivity contribution >= 4 is 0 Å². The minimum atomic E-state index is -0.374. The Labute approximate surface area is 125 Å². The molecular weight excluding hydrogens is 262 g/mol. The van der Waals surface area contributed by atoms with Crippen LogP contribution in [0, 0.1) is 0 Å². The second kappa shape index (κ2) is 6.74. The number of hydrogen-bond acceptors (Lipinski definition) is 3. The van der Waals surface area contributed by atoms with Crippen molar-refractivity contribution in [2.24, 2.45) is 0 Å². The molecule has 1 heterocycles. The van der Waals surface area contributed by atoms with E-state index in [1.165, 1.54) is 5.56 Å². The molecule has 0 amide bonds. The fourth-order valence-corrected chi connectivity index (χ4v) is 2.72. The highest BCUT2D eigenvalue weighted by Crippen LogP contribution is 2.32. The van der Waals surface area contributed by atoms with Crippen LogP contribution in [0.3, 0.4) is 0 Å². The van der Waals surface area contributed by atoms with Crippen LogP contribution in [0.15, 0.2) is 60.7 Å². The highest BCUT2D eigenvalue weighted by atomic mass is 16.5. The van der Waals surface area contributed by atoms with Crippen LogP contribution in [0.4, 0.5) is 0 Å². The van der Waals surface area contributed by atoms with Crippen molar-refractivity contribution in [3.05, 3.63) is 66.2 Å². The molecule has 0 aliphatic carbocycles. The Morgan fingerprint density at radius 2 is 1.71 bits per heavy atom. The van der Waals surface area contributed by atoms with Crippen LogP contribution in [0.5, 0.6) is 5.75 Å². The fourth-order valence-electron chi connectivity index (χ4n) is 2.72. The monoisotopic (exact) mass is 283 g/mol. The summed E-state index contributed by atoms with van der Waals surface area (Å²) in [6, 6.07) is 20.3. The number of para-hydroxylation sites is 1. The third kappa shape index (κ3) is 3.43. The van der Waals surface area contributed by atoms with Gasteiger partial charge in [-0.05, 0) is 37.1 Å². The average Bonchev–Trinajstić information content (AvgIpc) is 2.81. The van der Waals surface area contributed by atoms with E-state index in [1.807, 2.05) is 36.4 Å². The van der Waals surface area contributed by atoms with Crippen LogP contribution in [0.1, 0.15) is 18.4 Å². The van der Waals surface area contributed by atoms with Crippen molar-refractivity contribution in [1.82, 2.24) is 5.32 Å². The lowest BCUT2D eigenvalue weighted by molar-refractivity contribution is -0.0812. The first-order valence-corrected chi connectivity index (χ1v) is 7.47. The van der Waals surface area contributed by atoms with Gasteiger partial charge < -0.3 is 9.47 Å². The van der Waals surface area contributed by atoms with Crippen LogP contribution in [0.2, 0.25) is 0 Å². The predicted molar refractivity (Wildman–Crippen MR) is 83.2 cm³/mol. The van der Waals surface area contributed by atoms with Crippen LogP contribution in [0.25, 0.3) is 0 Å². The van der Waals surface area contributed by atoms with Crippen LogP contribution >= 0.6 is 0 Å². The smallest absolute Gasteiger partial charge is 0.129 e. The molecule has 3 nitrogen and oxygen atoms in total. The first-order chi connectivity index (χ1) is 10.4. The summed E-state index contributed by atoms with van der Waals surface area (Å²) in [5, 5.41) is 3.29. The number of nitrogens with one attached hydrogen (secondary N) is 1. The van der Waals surface area contributed by atoms with E-state index in [0.29, 0.717) is 13.3 Å². The molecule has 2 aromatic rings. The molecule has 0 saturated carbocycles. The van der Waals surface area contributed by atoms with Crippen molar-refractivity contribution < 1.29 is 9.47 Å². The summed E-state index contributed by atoms with van der Waals surface area (Å²) in [7, 11) is 0. The predicted octanol–water partition coefficient (Wildman–Crippen LogP) is 3.32. The summed E-state index contributed by atoms with van der Waals surface area (Å²) < 4.78 is 12.2. The zero-order chi connectivity index (χ0) is 14.4. The van der Waals surface area contributed by atoms with E-state index in [1.54, 1.807) is 0 Å². The van der Waals surface area contributed by atoms with E-state index >= 15 is 0 Å². The van der Waals surface area contributed by atoms with Gasteiger partial charge in [-0.2, -0.15) is 0 Å². The van der Waals surface area contributed by atoms with E-state index < -0.39 is 0 Å². The van der Waals surface area contributed by atoms with Crippen molar-refractivity contribution in [2.75, 3.05) is 19.9 Å². The molecular formula is C18H21NO2. The standard InChI is InChI=1S/C18H21NO2/c1-3-8-16(9-4-1)18(12-7-13-19-15-21-18)14-20-17-10-5-2-6-11-17/h1-6,8-11,19H,7,12-15H2. The van der Waals surface area contributed by atoms with Gasteiger partial charge in [0, 0.05) is 0 Å². The largest absolute Gasteiger partial charge is 0.490 e. The second-order valence-electron chi connectivity index (χ2n) is 5.35. The van der Waals surface area contributed by atoms with Gasteiger partial charge in [0.1, 0.15) is 18.0 Å². The van der Waals surface area contributed by atoms with Gasteiger partial charge in [-0.25, -0.2) is 0 Å². The maximum absolute atomic E-state index is 6.16. The quantitative estimate of drug-likeness (QED) is 0.933. The molecule has 0 aromatic heterocycles. The van der Waals surface area contributed by atoms with Gasteiger partial charge in [-0.1, -0.05) is 48.5 Å². The second-order valence-corrected chi connectivity index (χ2v) is 5.35. The van der Waals surface area contributed by atoms with Gasteiger partial charge in [0.15, 0.2) is 0 Å². The van der Waals surface area contributed by atoms with Crippen molar-refractivity contribution in [3.8, 4) is 5.75 Å². The molecule has 1 N–H and O–H groups in total. The molecule has 1 saturated heterocycles. The fraction of sp³-hybridized carbons (Fsp3) is 0.333. The summed E-state index contributed by atoms with van der Waals surface area (Å²) in [6.07, 6.45) is 2.03. The van der Waals surface area contributed by atoms with Gasteiger partial charge in [0.05, 0.1) is 6.73 Å². The lowest BCUT2D eigenvalue weighted by atomic mass is 9.89. The molecule has 3 rings (SSSR count). The molecule has 1 aliphatic heterocycles. The van der Waals surface area contributed by atoms with Crippen molar-refractivity contribution in [2.45, 2.75) is 18.4 Å². The van der Waals surface area contributed by atoms with E-state index in [0.717, 1.165) is 25.1 Å². The molecule has 0 bridgehead atoms. The number of benzene rings is 2. The average molecular weight is 283 g/mol. The zero-order valence-corrected chi connectivity index (χ0v) is 12.1. The third-order valence-electron chi connectivity index (χ3n) is 3.90. The Morgan fingerprint density at radius 1 is 1.00 bits per heavy atom. The molecule has 1 atom stereocenters. The highest BCUT2D eigenvalue weighted by Gasteiger charge is 2.35. The summed E-state index contributed by atoms with van der Waals surface area (Å²) in [4.78, 5) is 0. The maximum Gasteiger partial charge on any atom is 0.129 e. The molecule has 1 fully saturated rings. The Bertz CT molecular complexity index is 534. The first-order valence-electron chi connectivity index (χ1n) is 7.47. The molecule has 0 radical (unpaired) electrons. The third-order valence-corrected chi connectivity index (χ3v) is 3.90. The molecule has 1 unspecified atom stereocenters. The van der Waals surface area contributed by atoms with Gasteiger partial charge in [-0.15, -0.1) is 0 Å². The van der Waals surface area contributed by atoms with E-state index in [2.05, 4.69) is 29.6 Å². The molecule has 0 spiro atoms. The Hall–Kier alpha value is -1.84. The Balaban J connectivity index is 1.82. The normalized spacial score (nSPS) is 22.5. The number of hydrogen-bond donors (Lipinski definition) is 1. The van der Waals surface area contributed by atoms with Crippen LogP contribution in [-0.2, 0) is 10.3 Å². The molecule has 21 heavy (non-hydrogen) atoms. The minimum absolute atomic E-state index is 0.374. The van der Waals surface area contributed by atoms with E-state index in [-0.39, 0.29) is 5.60 Å². The minimum Gasteiger partial charge on any atom is -0.490 e. The van der Waals surface area contributed by atoms with Crippen molar-refractivity contribution in [3.63, 3.8) is 0 Å². The molecule has 110 valence electrons. The van der Waals surface area contributed by atoms with Gasteiger partial charge in [0.25, 0.3) is 0 Å². The van der Waals surface area contributed by atoms with Crippen LogP contribution in [-0.4, -0.2) is 19.9 Å². The summed E-state index contributed by atoms with van der Waals surface area (Å²) in [5.41, 5.74) is 0.810. The van der Waals surface area contributed by atoms with Gasteiger partial charge >= 0.3 is 0 Å². The van der Waals surface area contributed by atoms with Crippen molar-refractivity contribution in [1.29, 1.82) is 0 Å². The number of rotatable bonds is 4. The maximum atomic E-state index is 6.16. The Kier molecular flexibility index (Phi) is 4.53. The van der Waals surface area contributed by atoms with E-state index in [4.69, 9.17) is 9.47 Å².